The van der Waals surface area contributed by atoms with Gasteiger partial charge in [0.05, 0.1) is 50.9 Å². The average molecular weight is 1710 g/mol. The van der Waals surface area contributed by atoms with Crippen molar-refractivity contribution in [2.24, 2.45) is 40.9 Å². The molecule has 18 amide bonds. The second-order valence-electron chi connectivity index (χ2n) is 30.7. The first kappa shape index (κ1) is 102. The molecule has 2 aromatic heterocycles. The first-order valence-corrected chi connectivity index (χ1v) is 39.4. The molecular formula is C76H119N23O22. The summed E-state index contributed by atoms with van der Waals surface area (Å²) in [5, 5.41) is 68.3. The summed E-state index contributed by atoms with van der Waals surface area (Å²) < 4.78 is 0. The van der Waals surface area contributed by atoms with Crippen molar-refractivity contribution in [3.05, 3.63) is 66.3 Å². The van der Waals surface area contributed by atoms with E-state index in [1.807, 2.05) is 0 Å². The summed E-state index contributed by atoms with van der Waals surface area (Å²) in [7, 11) is 0. The van der Waals surface area contributed by atoms with E-state index >= 15 is 0 Å². The van der Waals surface area contributed by atoms with Crippen LogP contribution in [0.2, 0.25) is 0 Å². The Morgan fingerprint density at radius 2 is 0.785 bits per heavy atom. The Morgan fingerprint density at radius 3 is 1.25 bits per heavy atom. The van der Waals surface area contributed by atoms with Crippen LogP contribution < -0.4 is 102 Å². The molecule has 0 aliphatic heterocycles. The predicted molar refractivity (Wildman–Crippen MR) is 431 cm³/mol. The van der Waals surface area contributed by atoms with E-state index in [1.165, 1.54) is 83.9 Å². The van der Waals surface area contributed by atoms with Crippen LogP contribution >= 0.6 is 0 Å². The van der Waals surface area contributed by atoms with Crippen LogP contribution in [-0.2, 0) is 110 Å². The highest BCUT2D eigenvalue weighted by Crippen LogP contribution is 2.16. The number of carboxylic acids is 1. The molecular weight excluding hydrogens is 1590 g/mol. The third-order valence-electron chi connectivity index (χ3n) is 18.5. The van der Waals surface area contributed by atoms with Gasteiger partial charge in [0.15, 0.2) is 0 Å². The SMILES string of the molecule is CC[C@H](C)[C@H](NC(=O)CNC(=O)[C@H](C)NC(=O)[C@H](C)NC(=O)[C@H](Cc1cnc[nH]1)NC(=O)[C@H](CC(N)=O)NC(=O)CNC(=O)[C@H](C)NC(=O)CNC(=O)[C@H](Cc1cnc[nH]1)NC(=O)[C@H](CC(C)C)NC(=O)[C@H](C)NC(=O)[C@H](CCC(=O)O)NC(=O)[C@@H](N)Cc1ccc(O)cc1)C(=O)N[C@@H](CC(C)C)C(=O)N[C@H](C(=O)N[C@@H](CC(C)C)C(N)=O)[C@@H](C)O. The van der Waals surface area contributed by atoms with E-state index in [9.17, 15) is 106 Å². The van der Waals surface area contributed by atoms with E-state index in [0.29, 0.717) is 17.7 Å². The van der Waals surface area contributed by atoms with Crippen LogP contribution in [0.25, 0.3) is 0 Å². The Labute approximate surface area is 698 Å². The topological polar surface area (TPSA) is 713 Å². The number of rotatable bonds is 53. The number of hydrogen-bond donors (Lipinski definition) is 24. The number of hydrogen-bond acceptors (Lipinski definition) is 24. The maximum absolute atomic E-state index is 14.1. The highest BCUT2D eigenvalue weighted by Gasteiger charge is 2.38. The van der Waals surface area contributed by atoms with E-state index in [1.54, 1.807) is 55.4 Å². The summed E-state index contributed by atoms with van der Waals surface area (Å²) in [5.41, 5.74) is 18.2. The number of phenols is 1. The summed E-state index contributed by atoms with van der Waals surface area (Å²) >= 11 is 0. The molecule has 16 atom stereocenters. The number of nitrogens with zero attached hydrogens (tertiary/aromatic N) is 2. The Hall–Kier alpha value is -12.7. The number of carboxylic acid groups (broad SMARTS) is 1. The van der Waals surface area contributed by atoms with Crippen molar-refractivity contribution in [3.63, 3.8) is 0 Å². The molecule has 45 heteroatoms. The Morgan fingerprint density at radius 1 is 0.405 bits per heavy atom. The van der Waals surface area contributed by atoms with Gasteiger partial charge < -0.3 is 128 Å². The van der Waals surface area contributed by atoms with Crippen molar-refractivity contribution in [1.29, 1.82) is 0 Å². The fraction of sp³-hybridized carbons (Fsp3) is 0.592. The lowest BCUT2D eigenvalue weighted by molar-refractivity contribution is -0.138. The van der Waals surface area contributed by atoms with Crippen molar-refractivity contribution in [1.82, 2.24) is 105 Å². The fourth-order valence-corrected chi connectivity index (χ4v) is 11.6. The van der Waals surface area contributed by atoms with Crippen LogP contribution in [0.1, 0.15) is 152 Å². The minimum atomic E-state index is -1.80. The Bertz CT molecular complexity index is 4050. The molecule has 27 N–H and O–H groups in total. The van der Waals surface area contributed by atoms with Crippen LogP contribution in [0.15, 0.2) is 49.3 Å². The number of nitrogens with one attached hydrogen (secondary N) is 18. The maximum atomic E-state index is 14.1. The van der Waals surface area contributed by atoms with Gasteiger partial charge in [0.2, 0.25) is 106 Å². The summed E-state index contributed by atoms with van der Waals surface area (Å²) in [6, 6.07) is -14.0. The van der Waals surface area contributed by atoms with Crippen molar-refractivity contribution >= 4 is 112 Å². The molecule has 0 radical (unpaired) electrons. The second-order valence-corrected chi connectivity index (χ2v) is 30.7. The zero-order chi connectivity index (χ0) is 91.2. The number of carbonyl (C=O) groups excluding carboxylic acids is 18. The molecule has 0 saturated heterocycles. The summed E-state index contributed by atoms with van der Waals surface area (Å²) in [6.45, 7) is 17.7. The number of imidazole rings is 2. The molecule has 0 bridgehead atoms. The number of benzene rings is 1. The highest BCUT2D eigenvalue weighted by atomic mass is 16.4. The third kappa shape index (κ3) is 37.8. The number of aromatic amines is 2. The van der Waals surface area contributed by atoms with Gasteiger partial charge >= 0.3 is 5.97 Å². The number of aliphatic hydroxyl groups excluding tert-OH is 1. The lowest BCUT2D eigenvalue weighted by atomic mass is 9.96. The smallest absolute Gasteiger partial charge is 0.303 e. The second kappa shape index (κ2) is 50.9. The van der Waals surface area contributed by atoms with E-state index in [-0.39, 0.29) is 67.7 Å². The van der Waals surface area contributed by atoms with Crippen LogP contribution in [0.5, 0.6) is 5.75 Å². The van der Waals surface area contributed by atoms with Crippen molar-refractivity contribution < 1.29 is 106 Å². The van der Waals surface area contributed by atoms with Crippen LogP contribution in [0.4, 0.5) is 0 Å². The molecule has 0 spiro atoms. The quantitative estimate of drug-likeness (QED) is 0.0250. The Balaban J connectivity index is 1.62. The summed E-state index contributed by atoms with van der Waals surface area (Å²) in [6.07, 6.45) is 1.83. The third-order valence-corrected chi connectivity index (χ3v) is 18.5. The average Bonchev–Trinajstić information content (AvgIpc) is 1.66. The number of aromatic hydroxyl groups is 1. The number of amides is 18. The molecule has 0 saturated carbocycles. The number of carbonyl (C=O) groups is 19. The van der Waals surface area contributed by atoms with Crippen LogP contribution in [0.3, 0.4) is 0 Å². The first-order chi connectivity index (χ1) is 56.7. The summed E-state index contributed by atoms with van der Waals surface area (Å²) in [4.78, 5) is 266. The van der Waals surface area contributed by atoms with E-state index in [0.717, 1.165) is 0 Å². The number of aliphatic carboxylic acids is 1. The number of H-pyrrole nitrogens is 2. The number of phenolic OH excluding ortho intramolecular Hbond substituents is 1. The van der Waals surface area contributed by atoms with E-state index in [4.69, 9.17) is 17.2 Å². The molecule has 3 rings (SSSR count). The van der Waals surface area contributed by atoms with Gasteiger partial charge in [-0.2, -0.15) is 0 Å². The zero-order valence-electron chi connectivity index (χ0n) is 70.0. The predicted octanol–water partition coefficient (Wildman–Crippen LogP) is -7.29. The molecule has 1 aromatic carbocycles. The molecule has 0 unspecified atom stereocenters. The lowest BCUT2D eigenvalue weighted by Gasteiger charge is -2.29. The summed E-state index contributed by atoms with van der Waals surface area (Å²) in [5.74, 6) is -19.3. The lowest BCUT2D eigenvalue weighted by Crippen LogP contribution is -2.61. The molecule has 0 fully saturated rings. The zero-order valence-corrected chi connectivity index (χ0v) is 70.0. The number of nitrogens with two attached hydrogens (primary N) is 3. The normalized spacial score (nSPS) is 15.1. The van der Waals surface area contributed by atoms with Gasteiger partial charge in [0.1, 0.15) is 84.3 Å². The number of aromatic nitrogens is 4. The van der Waals surface area contributed by atoms with Gasteiger partial charge in [0, 0.05) is 43.0 Å². The molecule has 670 valence electrons. The highest BCUT2D eigenvalue weighted by molar-refractivity contribution is 6.01. The van der Waals surface area contributed by atoms with E-state index in [2.05, 4.69) is 105 Å². The minimum absolute atomic E-state index is 0.0149. The van der Waals surface area contributed by atoms with E-state index < -0.39 is 248 Å². The molecule has 0 aliphatic carbocycles. The van der Waals surface area contributed by atoms with Gasteiger partial charge in [-0.05, 0) is 108 Å². The molecule has 2 heterocycles. The first-order valence-electron chi connectivity index (χ1n) is 39.4. The maximum Gasteiger partial charge on any atom is 0.303 e. The molecule has 3 aromatic rings. The van der Waals surface area contributed by atoms with Gasteiger partial charge in [-0.15, -0.1) is 0 Å². The largest absolute Gasteiger partial charge is 0.508 e. The number of aliphatic hydroxyl groups is 1. The van der Waals surface area contributed by atoms with Crippen LogP contribution in [0, 0.1) is 23.7 Å². The molecule has 0 aliphatic rings. The molecule has 45 nitrogen and oxygen atoms in total. The molecule has 121 heavy (non-hydrogen) atoms. The van der Waals surface area contributed by atoms with Crippen molar-refractivity contribution in [3.8, 4) is 5.75 Å². The number of primary amides is 2. The Kier molecular flexibility index (Phi) is 43.1. The van der Waals surface area contributed by atoms with Crippen molar-refractivity contribution in [2.75, 3.05) is 19.6 Å². The van der Waals surface area contributed by atoms with Crippen LogP contribution in [-0.4, -0.2) is 258 Å². The van der Waals surface area contributed by atoms with Gasteiger partial charge in [-0.25, -0.2) is 9.97 Å². The van der Waals surface area contributed by atoms with Gasteiger partial charge in [-0.3, -0.25) is 91.1 Å². The fourth-order valence-electron chi connectivity index (χ4n) is 11.6. The monoisotopic (exact) mass is 1710 g/mol. The van der Waals surface area contributed by atoms with Gasteiger partial charge in [-0.1, -0.05) is 73.9 Å². The standard InChI is InChI=1S/C76H119N23O22/c1-14-38(8)61(75(120)97-52(23-37(6)7)74(119)99-62(43(13)100)76(121)93-50(63(79)108)21-35(2)3)98-59(105)32-83-65(110)40(10)88-66(111)41(11)90-71(116)54(26-46-29-81-34-86-46)96-73(118)55(27-56(78)102)91-58(104)31-82-64(109)39(9)87-57(103)30-84-69(114)53(25-45-28-80-33-85-45)95-72(117)51(22-36(4)5)94-67(112)42(12)89-70(115)49(19-20-60(106)107)92-68(113)48(77)24-44-15-17-47(101)18-16-44/h15-18,28-29,33-43,48-55,61-62,100-101H,14,19-27,30-32,77H2,1-13H3,(H2,78,102)(H2,79,108)(H,80,85)(H,81,86)(H,82,109)(H,83,110)(H,84,114)(H,87,103)(H,88,111)(H,89,115)(H,90,116)(H,91,104)(H,92,113)(H,93,121)(H,94,112)(H,95,117)(H,96,118)(H,97,120)(H,98,105)(H,99,119)(H,106,107)/t38-,39-,40-,41-,42-,43+,48-,49-,50-,51-,52-,53-,54-,55-,61-,62-/m0/s1. The van der Waals surface area contributed by atoms with Crippen molar-refractivity contribution in [2.45, 2.75) is 245 Å². The minimum Gasteiger partial charge on any atom is -0.508 e. The van der Waals surface area contributed by atoms with Gasteiger partial charge in [0.25, 0.3) is 0 Å².